The van der Waals surface area contributed by atoms with E-state index in [0.717, 1.165) is 25.4 Å². The number of pyridine rings is 1. The van der Waals surface area contributed by atoms with Crippen molar-refractivity contribution in [3.05, 3.63) is 41.3 Å². The number of carbonyl (C=O) groups is 1. The Kier molecular flexibility index (Phi) is 7.21. The minimum absolute atomic E-state index is 0.0888. The van der Waals surface area contributed by atoms with E-state index >= 15 is 0 Å². The van der Waals surface area contributed by atoms with Gasteiger partial charge in [-0.25, -0.2) is 9.67 Å². The van der Waals surface area contributed by atoms with Gasteiger partial charge in [-0.15, -0.1) is 0 Å². The average Bonchev–Trinajstić information content (AvgIpc) is 3.16. The van der Waals surface area contributed by atoms with Gasteiger partial charge in [0.05, 0.1) is 23.0 Å². The van der Waals surface area contributed by atoms with E-state index in [9.17, 15) is 18.0 Å². The molecule has 1 aliphatic rings. The van der Waals surface area contributed by atoms with Gasteiger partial charge in [0.15, 0.2) is 5.82 Å². The Hall–Kier alpha value is -2.42. The highest BCUT2D eigenvalue weighted by atomic mass is 19.4. The molecule has 0 saturated carbocycles. The lowest BCUT2D eigenvalue weighted by molar-refractivity contribution is -0.137. The molecule has 1 amide bonds. The van der Waals surface area contributed by atoms with E-state index in [-0.39, 0.29) is 23.2 Å². The number of hydrogen-bond acceptors (Lipinski definition) is 4. The minimum Gasteiger partial charge on any atom is -0.350 e. The van der Waals surface area contributed by atoms with Gasteiger partial charge in [0, 0.05) is 31.4 Å². The van der Waals surface area contributed by atoms with Gasteiger partial charge in [-0.3, -0.25) is 9.69 Å². The molecule has 33 heavy (non-hydrogen) atoms. The first kappa shape index (κ1) is 25.2. The van der Waals surface area contributed by atoms with Crippen molar-refractivity contribution in [2.45, 2.75) is 65.6 Å². The lowest BCUT2D eigenvalue weighted by atomic mass is 9.88. The van der Waals surface area contributed by atoms with Crippen molar-refractivity contribution < 1.29 is 18.0 Å². The first-order chi connectivity index (χ1) is 15.3. The second kappa shape index (κ2) is 9.44. The summed E-state index contributed by atoms with van der Waals surface area (Å²) in [5.74, 6) is 1.14. The standard InChI is InChI=1S/C24H34F3N5O/c1-15(2)21-19(11-30-32(21)20-8-7-18(10-28-20)24(25,26)27)22(33)29-14-23(5,6)31-12-16(3)9-17(4)13-31/h7-8,10-11,15-17H,9,12-14H2,1-6H3,(H,29,33)/t16-,17-/m1/s1. The zero-order valence-corrected chi connectivity index (χ0v) is 20.2. The first-order valence-corrected chi connectivity index (χ1v) is 11.4. The Balaban J connectivity index is 1.78. The summed E-state index contributed by atoms with van der Waals surface area (Å²) in [5.41, 5.74) is -0.0200. The van der Waals surface area contributed by atoms with E-state index in [1.54, 1.807) is 0 Å². The molecule has 6 nitrogen and oxygen atoms in total. The second-order valence-electron chi connectivity index (χ2n) is 10.3. The zero-order valence-electron chi connectivity index (χ0n) is 20.2. The molecule has 0 aromatic carbocycles. The lowest BCUT2D eigenvalue weighted by Crippen LogP contribution is -2.56. The molecule has 2 atom stereocenters. The normalized spacial score (nSPS) is 20.3. The van der Waals surface area contributed by atoms with E-state index in [4.69, 9.17) is 0 Å². The molecule has 0 radical (unpaired) electrons. The van der Waals surface area contributed by atoms with E-state index in [1.165, 1.54) is 23.4 Å². The zero-order chi connectivity index (χ0) is 24.6. The van der Waals surface area contributed by atoms with Crippen LogP contribution in [0.15, 0.2) is 24.5 Å². The predicted molar refractivity (Wildman–Crippen MR) is 121 cm³/mol. The van der Waals surface area contributed by atoms with Crippen LogP contribution in [0.3, 0.4) is 0 Å². The Morgan fingerprint density at radius 3 is 2.30 bits per heavy atom. The Morgan fingerprint density at radius 2 is 1.79 bits per heavy atom. The van der Waals surface area contributed by atoms with Gasteiger partial charge < -0.3 is 5.32 Å². The Bertz CT molecular complexity index is 955. The molecular formula is C24H34F3N5O. The lowest BCUT2D eigenvalue weighted by Gasteiger charge is -2.45. The van der Waals surface area contributed by atoms with Crippen molar-refractivity contribution in [2.75, 3.05) is 19.6 Å². The van der Waals surface area contributed by atoms with Crippen molar-refractivity contribution in [1.29, 1.82) is 0 Å². The van der Waals surface area contributed by atoms with E-state index < -0.39 is 11.7 Å². The van der Waals surface area contributed by atoms with Gasteiger partial charge in [0.1, 0.15) is 0 Å². The summed E-state index contributed by atoms with van der Waals surface area (Å²) in [7, 11) is 0. The molecule has 2 aromatic heterocycles. The molecular weight excluding hydrogens is 431 g/mol. The molecule has 1 N–H and O–H groups in total. The fourth-order valence-corrected chi connectivity index (χ4v) is 4.61. The highest BCUT2D eigenvalue weighted by Gasteiger charge is 2.34. The largest absolute Gasteiger partial charge is 0.417 e. The van der Waals surface area contributed by atoms with Crippen LogP contribution >= 0.6 is 0 Å². The maximum atomic E-state index is 13.1. The summed E-state index contributed by atoms with van der Waals surface area (Å²) in [6.07, 6.45) is -1.00. The number of alkyl halides is 3. The van der Waals surface area contributed by atoms with Crippen molar-refractivity contribution in [3.63, 3.8) is 0 Å². The van der Waals surface area contributed by atoms with Crippen molar-refractivity contribution in [3.8, 4) is 5.82 Å². The number of nitrogens with zero attached hydrogens (tertiary/aromatic N) is 4. The molecule has 9 heteroatoms. The van der Waals surface area contributed by atoms with Crippen molar-refractivity contribution >= 4 is 5.91 Å². The third kappa shape index (κ3) is 5.75. The molecule has 0 bridgehead atoms. The molecule has 2 aromatic rings. The van der Waals surface area contributed by atoms with Gasteiger partial charge in [-0.1, -0.05) is 27.7 Å². The topological polar surface area (TPSA) is 63.1 Å². The number of carbonyl (C=O) groups excluding carboxylic acids is 1. The average molecular weight is 466 g/mol. The quantitative estimate of drug-likeness (QED) is 0.660. The number of piperidine rings is 1. The van der Waals surface area contributed by atoms with Gasteiger partial charge >= 0.3 is 6.18 Å². The van der Waals surface area contributed by atoms with Crippen molar-refractivity contribution in [1.82, 2.24) is 25.0 Å². The summed E-state index contributed by atoms with van der Waals surface area (Å²) < 4.78 is 40.1. The van der Waals surface area contributed by atoms with Crippen LogP contribution in [-0.2, 0) is 6.18 Å². The number of amides is 1. The highest BCUT2D eigenvalue weighted by Crippen LogP contribution is 2.30. The minimum atomic E-state index is -4.46. The highest BCUT2D eigenvalue weighted by molar-refractivity contribution is 5.95. The van der Waals surface area contributed by atoms with E-state index in [2.05, 4.69) is 48.0 Å². The third-order valence-corrected chi connectivity index (χ3v) is 6.30. The molecule has 0 spiro atoms. The molecule has 1 aliphatic heterocycles. The van der Waals surface area contributed by atoms with Gasteiger partial charge in [0.2, 0.25) is 0 Å². The number of rotatable bonds is 6. The summed E-state index contributed by atoms with van der Waals surface area (Å²) in [6, 6.07) is 2.24. The molecule has 3 heterocycles. The molecule has 3 rings (SSSR count). The van der Waals surface area contributed by atoms with Crippen LogP contribution in [0.5, 0.6) is 0 Å². The van der Waals surface area contributed by atoms with Crippen LogP contribution in [0.2, 0.25) is 0 Å². The monoisotopic (exact) mass is 465 g/mol. The smallest absolute Gasteiger partial charge is 0.350 e. The van der Waals surface area contributed by atoms with Crippen LogP contribution in [0.25, 0.3) is 5.82 Å². The molecule has 1 fully saturated rings. The maximum Gasteiger partial charge on any atom is 0.417 e. The van der Waals surface area contributed by atoms with Crippen LogP contribution < -0.4 is 5.32 Å². The second-order valence-corrected chi connectivity index (χ2v) is 10.3. The fraction of sp³-hybridized carbons (Fsp3) is 0.625. The van der Waals surface area contributed by atoms with Gasteiger partial charge in [-0.2, -0.15) is 18.3 Å². The number of likely N-dealkylation sites (tertiary alicyclic amines) is 1. The SMILES string of the molecule is CC(C)c1c(C(=O)NCC(C)(C)N2C[C@H](C)C[C@@H](C)C2)cnn1-c1ccc(C(F)(F)F)cn1. The summed E-state index contributed by atoms with van der Waals surface area (Å²) in [5, 5.41) is 7.33. The molecule has 1 saturated heterocycles. The van der Waals surface area contributed by atoms with Crippen LogP contribution in [0, 0.1) is 11.8 Å². The van der Waals surface area contributed by atoms with E-state index in [1.807, 2.05) is 13.8 Å². The van der Waals surface area contributed by atoms with Crippen molar-refractivity contribution in [2.24, 2.45) is 11.8 Å². The Labute approximate surface area is 193 Å². The predicted octanol–water partition coefficient (Wildman–Crippen LogP) is 4.90. The number of nitrogens with one attached hydrogen (secondary N) is 1. The molecule has 0 aliphatic carbocycles. The number of aromatic nitrogens is 3. The summed E-state index contributed by atoms with van der Waals surface area (Å²) in [6.45, 7) is 15.1. The number of halogens is 3. The number of hydrogen-bond donors (Lipinski definition) is 1. The van der Waals surface area contributed by atoms with Crippen LogP contribution in [0.4, 0.5) is 13.2 Å². The van der Waals surface area contributed by atoms with Gasteiger partial charge in [-0.05, 0) is 50.2 Å². The third-order valence-electron chi connectivity index (χ3n) is 6.30. The fourth-order valence-electron chi connectivity index (χ4n) is 4.61. The maximum absolute atomic E-state index is 13.1. The summed E-state index contributed by atoms with van der Waals surface area (Å²) in [4.78, 5) is 19.5. The van der Waals surface area contributed by atoms with Crippen LogP contribution in [-0.4, -0.2) is 50.7 Å². The van der Waals surface area contributed by atoms with Gasteiger partial charge in [0.25, 0.3) is 5.91 Å². The molecule has 182 valence electrons. The van der Waals surface area contributed by atoms with E-state index in [0.29, 0.717) is 29.6 Å². The first-order valence-electron chi connectivity index (χ1n) is 11.4. The Morgan fingerprint density at radius 1 is 1.15 bits per heavy atom. The molecule has 0 unspecified atom stereocenters. The van der Waals surface area contributed by atoms with Crippen LogP contribution in [0.1, 0.15) is 75.5 Å². The summed E-state index contributed by atoms with van der Waals surface area (Å²) >= 11 is 0.